The van der Waals surface area contributed by atoms with E-state index in [4.69, 9.17) is 21.1 Å². The van der Waals surface area contributed by atoms with Gasteiger partial charge in [-0.15, -0.1) is 0 Å². The molecule has 2 aliphatic rings. The minimum absolute atomic E-state index is 0.00969. The van der Waals surface area contributed by atoms with E-state index in [0.29, 0.717) is 16.5 Å². The Bertz CT molecular complexity index is 1440. The molecule has 1 N–H and O–H groups in total. The molecule has 0 aromatic heterocycles. The first kappa shape index (κ1) is 30.9. The number of carbonyl (C=O) groups is 2. The summed E-state index contributed by atoms with van der Waals surface area (Å²) in [4.78, 5) is 30.5. The molecule has 1 fully saturated rings. The Labute approximate surface area is 260 Å². The van der Waals surface area contributed by atoms with E-state index in [1.165, 1.54) is 0 Å². The van der Waals surface area contributed by atoms with E-state index in [0.717, 1.165) is 60.3 Å². The van der Waals surface area contributed by atoms with E-state index in [1.807, 2.05) is 77.4 Å². The molecule has 5 rings (SSSR count). The molecule has 0 bridgehead atoms. The monoisotopic (exact) mass is 603 g/mol. The van der Waals surface area contributed by atoms with Crippen LogP contribution in [-0.2, 0) is 16.0 Å². The van der Waals surface area contributed by atoms with Crippen molar-refractivity contribution in [2.75, 3.05) is 25.1 Å². The third-order valence-corrected chi connectivity index (χ3v) is 9.03. The number of nitrogens with zero attached hydrogens (tertiary/aromatic N) is 2. The summed E-state index contributed by atoms with van der Waals surface area (Å²) in [7, 11) is 1.62. The normalized spacial score (nSPS) is 19.8. The highest BCUT2D eigenvalue weighted by Crippen LogP contribution is 2.44. The van der Waals surface area contributed by atoms with Gasteiger partial charge < -0.3 is 24.6 Å². The summed E-state index contributed by atoms with van der Waals surface area (Å²) in [6, 6.07) is 19.4. The van der Waals surface area contributed by atoms with Crippen LogP contribution in [0.3, 0.4) is 0 Å². The van der Waals surface area contributed by atoms with Crippen LogP contribution in [0.4, 0.5) is 5.69 Å². The smallest absolute Gasteiger partial charge is 0.232 e. The molecule has 0 saturated carbocycles. The van der Waals surface area contributed by atoms with Crippen molar-refractivity contribution in [2.24, 2.45) is 0 Å². The molecule has 1 unspecified atom stereocenters. The van der Waals surface area contributed by atoms with Gasteiger partial charge in [0.1, 0.15) is 0 Å². The lowest BCUT2D eigenvalue weighted by Crippen LogP contribution is -2.49. The Balaban J connectivity index is 1.54. The third kappa shape index (κ3) is 6.53. The zero-order valence-corrected chi connectivity index (χ0v) is 26.5. The SMILES string of the molecule is CC[C@@H](C)Oc1cc2c(cc1OC)CC(=O)N(c1ccc([C@@H](C)N(C(C)=O)[C@@H]3CCCNC3)cc1)C2c1ccc(Cl)cc1. The third-order valence-electron chi connectivity index (χ3n) is 8.78. The lowest BCUT2D eigenvalue weighted by Gasteiger charge is -2.39. The van der Waals surface area contributed by atoms with Crippen molar-refractivity contribution in [2.45, 2.75) is 77.6 Å². The van der Waals surface area contributed by atoms with Crippen molar-refractivity contribution >= 4 is 29.1 Å². The largest absolute Gasteiger partial charge is 0.493 e. The number of nitrogens with one attached hydrogen (secondary N) is 1. The summed E-state index contributed by atoms with van der Waals surface area (Å²) in [6.07, 6.45) is 3.16. The van der Waals surface area contributed by atoms with Crippen molar-refractivity contribution in [3.63, 3.8) is 0 Å². The van der Waals surface area contributed by atoms with E-state index in [2.05, 4.69) is 19.2 Å². The number of carbonyl (C=O) groups excluding carboxylic acids is 2. The number of piperidine rings is 1. The van der Waals surface area contributed by atoms with E-state index >= 15 is 0 Å². The summed E-state index contributed by atoms with van der Waals surface area (Å²) < 4.78 is 11.9. The van der Waals surface area contributed by atoms with Crippen LogP contribution in [0.15, 0.2) is 60.7 Å². The predicted molar refractivity (Wildman–Crippen MR) is 171 cm³/mol. The highest BCUT2D eigenvalue weighted by Gasteiger charge is 2.36. The van der Waals surface area contributed by atoms with Crippen LogP contribution in [0.25, 0.3) is 0 Å². The average Bonchev–Trinajstić information content (AvgIpc) is 3.01. The molecule has 0 aliphatic carbocycles. The van der Waals surface area contributed by atoms with Gasteiger partial charge in [-0.2, -0.15) is 0 Å². The Morgan fingerprint density at radius 1 is 1.09 bits per heavy atom. The molecule has 3 aromatic rings. The predicted octanol–water partition coefficient (Wildman–Crippen LogP) is 6.87. The number of hydrogen-bond acceptors (Lipinski definition) is 5. The summed E-state index contributed by atoms with van der Waals surface area (Å²) >= 11 is 6.27. The maximum Gasteiger partial charge on any atom is 0.232 e. The summed E-state index contributed by atoms with van der Waals surface area (Å²) in [6.45, 7) is 9.64. The van der Waals surface area contributed by atoms with Gasteiger partial charge in [0.2, 0.25) is 11.8 Å². The number of methoxy groups -OCH3 is 1. The first-order chi connectivity index (χ1) is 20.7. The molecule has 8 heteroatoms. The molecule has 4 atom stereocenters. The van der Waals surface area contributed by atoms with Crippen LogP contribution in [0.5, 0.6) is 11.5 Å². The van der Waals surface area contributed by atoms with E-state index in [9.17, 15) is 9.59 Å². The van der Waals surface area contributed by atoms with Gasteiger partial charge in [0.25, 0.3) is 0 Å². The van der Waals surface area contributed by atoms with E-state index in [-0.39, 0.29) is 42.5 Å². The van der Waals surface area contributed by atoms with Crippen LogP contribution >= 0.6 is 11.6 Å². The summed E-state index contributed by atoms with van der Waals surface area (Å²) in [5.74, 6) is 1.34. The van der Waals surface area contributed by atoms with Crippen LogP contribution in [0.2, 0.25) is 5.02 Å². The fourth-order valence-electron chi connectivity index (χ4n) is 6.37. The highest BCUT2D eigenvalue weighted by atomic mass is 35.5. The van der Waals surface area contributed by atoms with Gasteiger partial charge in [0.15, 0.2) is 11.5 Å². The van der Waals surface area contributed by atoms with E-state index < -0.39 is 0 Å². The number of ether oxygens (including phenoxy) is 2. The molecule has 0 spiro atoms. The minimum atomic E-state index is -0.385. The fourth-order valence-corrected chi connectivity index (χ4v) is 6.49. The molecule has 7 nitrogen and oxygen atoms in total. The number of halogens is 1. The number of anilines is 1. The lowest BCUT2D eigenvalue weighted by atomic mass is 9.86. The standard InChI is InChI=1S/C35H42ClN3O4/c1-6-22(2)43-33-20-31-27(18-32(33)42-5)19-34(41)39(35(31)26-9-13-28(36)14-10-26)29-15-11-25(12-16-29)23(3)38(24(4)40)30-8-7-17-37-21-30/h9-16,18,20,22-23,30,35,37H,6-8,17,19,21H2,1-5H3/t22-,23-,30-,35?/m1/s1. The topological polar surface area (TPSA) is 71.1 Å². The zero-order valence-electron chi connectivity index (χ0n) is 25.7. The Morgan fingerprint density at radius 2 is 1.81 bits per heavy atom. The first-order valence-electron chi connectivity index (χ1n) is 15.3. The Hall–Kier alpha value is -3.55. The number of benzene rings is 3. The number of fused-ring (bicyclic) bond motifs is 1. The van der Waals surface area contributed by atoms with Gasteiger partial charge in [-0.25, -0.2) is 0 Å². The summed E-state index contributed by atoms with van der Waals surface area (Å²) in [5, 5.41) is 4.06. The quantitative estimate of drug-likeness (QED) is 0.289. The second-order valence-corrected chi connectivity index (χ2v) is 12.1. The van der Waals surface area contributed by atoms with Gasteiger partial charge in [0.05, 0.1) is 31.7 Å². The van der Waals surface area contributed by atoms with Gasteiger partial charge in [-0.3, -0.25) is 9.59 Å². The highest BCUT2D eigenvalue weighted by molar-refractivity contribution is 6.30. The molecule has 2 amide bonds. The van der Waals surface area contributed by atoms with Crippen molar-refractivity contribution in [1.29, 1.82) is 0 Å². The molecule has 2 aliphatic heterocycles. The van der Waals surface area contributed by atoms with Crippen LogP contribution in [0, 0.1) is 0 Å². The number of amides is 2. The molecule has 1 saturated heterocycles. The van der Waals surface area contributed by atoms with Gasteiger partial charge in [0, 0.05) is 30.2 Å². The number of hydrogen-bond donors (Lipinski definition) is 1. The molecule has 2 heterocycles. The second kappa shape index (κ2) is 13.4. The fraction of sp³-hybridized carbons (Fsp3) is 0.429. The molecule has 3 aromatic carbocycles. The Morgan fingerprint density at radius 3 is 2.42 bits per heavy atom. The lowest BCUT2D eigenvalue weighted by molar-refractivity contribution is -0.134. The van der Waals surface area contributed by atoms with Crippen molar-refractivity contribution in [3.05, 3.63) is 87.9 Å². The number of rotatable bonds is 9. The minimum Gasteiger partial charge on any atom is -0.493 e. The molecule has 0 radical (unpaired) electrons. The maximum atomic E-state index is 13.9. The molecule has 43 heavy (non-hydrogen) atoms. The van der Waals surface area contributed by atoms with Gasteiger partial charge in [-0.1, -0.05) is 42.8 Å². The van der Waals surface area contributed by atoms with Crippen molar-refractivity contribution in [3.8, 4) is 11.5 Å². The average molecular weight is 604 g/mol. The first-order valence-corrected chi connectivity index (χ1v) is 15.6. The van der Waals surface area contributed by atoms with Gasteiger partial charge in [-0.05, 0) is 98.3 Å². The molecule has 228 valence electrons. The molecular weight excluding hydrogens is 562 g/mol. The van der Waals surface area contributed by atoms with Crippen molar-refractivity contribution < 1.29 is 19.1 Å². The van der Waals surface area contributed by atoms with Gasteiger partial charge >= 0.3 is 0 Å². The van der Waals surface area contributed by atoms with E-state index in [1.54, 1.807) is 14.0 Å². The molecular formula is C35H42ClN3O4. The Kier molecular flexibility index (Phi) is 9.62. The second-order valence-electron chi connectivity index (χ2n) is 11.6. The van der Waals surface area contributed by atoms with Crippen LogP contribution in [-0.4, -0.2) is 49.1 Å². The maximum absolute atomic E-state index is 13.9. The van der Waals surface area contributed by atoms with Crippen molar-refractivity contribution in [1.82, 2.24) is 10.2 Å². The summed E-state index contributed by atoms with van der Waals surface area (Å²) in [5.41, 5.74) is 4.68. The van der Waals surface area contributed by atoms with Crippen LogP contribution in [0.1, 0.15) is 81.3 Å². The van der Waals surface area contributed by atoms with Crippen LogP contribution < -0.4 is 19.7 Å². The zero-order chi connectivity index (χ0) is 30.7.